The summed E-state index contributed by atoms with van der Waals surface area (Å²) in [5, 5.41) is 11.3. The first-order valence-electron chi connectivity index (χ1n) is 5.34. The number of methoxy groups -OCH3 is 1. The Morgan fingerprint density at radius 2 is 2.12 bits per heavy atom. The van der Waals surface area contributed by atoms with Gasteiger partial charge < -0.3 is 15.2 Å². The van der Waals surface area contributed by atoms with Crippen molar-refractivity contribution in [2.45, 2.75) is 12.2 Å². The Morgan fingerprint density at radius 1 is 1.47 bits per heavy atom. The molecule has 2 N–H and O–H groups in total. The number of hydrogen-bond acceptors (Lipinski definition) is 4. The zero-order valence-corrected chi connectivity index (χ0v) is 10.8. The Morgan fingerprint density at radius 3 is 2.65 bits per heavy atom. The second kappa shape index (κ2) is 7.19. The van der Waals surface area contributed by atoms with Gasteiger partial charge in [-0.25, -0.2) is 0 Å². The molecule has 0 aliphatic heterocycles. The zero-order chi connectivity index (χ0) is 12.7. The summed E-state index contributed by atoms with van der Waals surface area (Å²) in [5.74, 6) is 1.26. The molecule has 4 nitrogen and oxygen atoms in total. The molecule has 1 atom stereocenters. The molecule has 0 spiro atoms. The summed E-state index contributed by atoms with van der Waals surface area (Å²) >= 11 is 1.42. The summed E-state index contributed by atoms with van der Waals surface area (Å²) in [6.07, 6.45) is 0. The van der Waals surface area contributed by atoms with Gasteiger partial charge in [0.05, 0.1) is 19.0 Å². The van der Waals surface area contributed by atoms with E-state index in [0.29, 0.717) is 5.75 Å². The van der Waals surface area contributed by atoms with Crippen molar-refractivity contribution < 1.29 is 14.6 Å². The molecule has 0 saturated carbocycles. The number of nitrogens with one attached hydrogen (secondary N) is 1. The van der Waals surface area contributed by atoms with Crippen molar-refractivity contribution in [3.05, 3.63) is 24.3 Å². The Labute approximate surface area is 105 Å². The highest BCUT2D eigenvalue weighted by atomic mass is 32.2. The summed E-state index contributed by atoms with van der Waals surface area (Å²) in [5.41, 5.74) is 0.743. The molecule has 0 aliphatic carbocycles. The normalized spacial score (nSPS) is 11.9. The average molecular weight is 255 g/mol. The number of rotatable bonds is 6. The first-order chi connectivity index (χ1) is 8.17. The number of thioether (sulfide) groups is 1. The maximum absolute atomic E-state index is 11.7. The Balaban J connectivity index is 2.49. The molecule has 94 valence electrons. The van der Waals surface area contributed by atoms with Gasteiger partial charge in [-0.1, -0.05) is 0 Å². The molecule has 0 saturated heterocycles. The molecule has 5 heteroatoms. The number of carbonyl (C=O) groups excluding carboxylic acids is 1. The number of hydrogen-bond donors (Lipinski definition) is 2. The van der Waals surface area contributed by atoms with Gasteiger partial charge in [-0.15, -0.1) is 11.8 Å². The number of carbonyl (C=O) groups is 1. The van der Waals surface area contributed by atoms with Gasteiger partial charge in [-0.2, -0.15) is 0 Å². The van der Waals surface area contributed by atoms with Gasteiger partial charge in [-0.05, 0) is 31.2 Å². The number of aliphatic hydroxyl groups excluding tert-OH is 1. The van der Waals surface area contributed by atoms with Crippen molar-refractivity contribution in [2.24, 2.45) is 0 Å². The number of amides is 1. The van der Waals surface area contributed by atoms with Crippen molar-refractivity contribution in [1.82, 2.24) is 0 Å². The molecule has 0 bridgehead atoms. The Kier molecular flexibility index (Phi) is 5.86. The standard InChI is InChI=1S/C12H17NO3S/c1-9(17-8-7-14)12(15)13-10-3-5-11(16-2)6-4-10/h3-6,9,14H,7-8H2,1-2H3,(H,13,15)/t9-/m1/s1. The molecule has 17 heavy (non-hydrogen) atoms. The van der Waals surface area contributed by atoms with Crippen molar-refractivity contribution in [1.29, 1.82) is 0 Å². The fourth-order valence-corrected chi connectivity index (χ4v) is 1.89. The van der Waals surface area contributed by atoms with E-state index < -0.39 is 0 Å². The minimum absolute atomic E-state index is 0.0615. The molecule has 0 aliphatic rings. The summed E-state index contributed by atoms with van der Waals surface area (Å²) in [7, 11) is 1.60. The van der Waals surface area contributed by atoms with Crippen LogP contribution in [0.2, 0.25) is 0 Å². The number of benzene rings is 1. The summed E-state index contributed by atoms with van der Waals surface area (Å²) < 4.78 is 5.03. The maximum Gasteiger partial charge on any atom is 0.237 e. The third-order valence-corrected chi connectivity index (χ3v) is 3.32. The van der Waals surface area contributed by atoms with Gasteiger partial charge in [0.25, 0.3) is 0 Å². The fraction of sp³-hybridized carbons (Fsp3) is 0.417. The van der Waals surface area contributed by atoms with Gasteiger partial charge in [0.15, 0.2) is 0 Å². The van der Waals surface area contributed by atoms with E-state index in [1.807, 2.05) is 6.92 Å². The number of anilines is 1. The van der Waals surface area contributed by atoms with Crippen LogP contribution in [0.4, 0.5) is 5.69 Å². The molecule has 1 rings (SSSR count). The van der Waals surface area contributed by atoms with E-state index in [0.717, 1.165) is 11.4 Å². The largest absolute Gasteiger partial charge is 0.497 e. The van der Waals surface area contributed by atoms with E-state index in [1.54, 1.807) is 31.4 Å². The van der Waals surface area contributed by atoms with Crippen molar-refractivity contribution in [3.63, 3.8) is 0 Å². The van der Waals surface area contributed by atoms with Crippen LogP contribution in [0.25, 0.3) is 0 Å². The highest BCUT2D eigenvalue weighted by molar-refractivity contribution is 8.00. The highest BCUT2D eigenvalue weighted by Gasteiger charge is 2.12. The van der Waals surface area contributed by atoms with Crippen LogP contribution in [0.3, 0.4) is 0 Å². The van der Waals surface area contributed by atoms with Gasteiger partial charge in [-0.3, -0.25) is 4.79 Å². The van der Waals surface area contributed by atoms with Gasteiger partial charge in [0.2, 0.25) is 5.91 Å². The minimum atomic E-state index is -0.177. The third kappa shape index (κ3) is 4.66. The molecule has 1 aromatic rings. The van der Waals surface area contributed by atoms with E-state index in [2.05, 4.69) is 5.32 Å². The molecule has 0 radical (unpaired) electrons. The lowest BCUT2D eigenvalue weighted by Crippen LogP contribution is -2.23. The van der Waals surface area contributed by atoms with Crippen molar-refractivity contribution in [3.8, 4) is 5.75 Å². The van der Waals surface area contributed by atoms with Crippen LogP contribution >= 0.6 is 11.8 Å². The first-order valence-corrected chi connectivity index (χ1v) is 6.39. The summed E-state index contributed by atoms with van der Waals surface area (Å²) in [4.78, 5) is 11.7. The monoisotopic (exact) mass is 255 g/mol. The predicted octanol–water partition coefficient (Wildman–Crippen LogP) is 1.75. The minimum Gasteiger partial charge on any atom is -0.497 e. The van der Waals surface area contributed by atoms with Gasteiger partial charge >= 0.3 is 0 Å². The van der Waals surface area contributed by atoms with Crippen molar-refractivity contribution >= 4 is 23.4 Å². The molecular formula is C12H17NO3S. The van der Waals surface area contributed by atoms with Gasteiger partial charge in [0, 0.05) is 11.4 Å². The lowest BCUT2D eigenvalue weighted by Gasteiger charge is -2.11. The smallest absolute Gasteiger partial charge is 0.237 e. The quantitative estimate of drug-likeness (QED) is 0.813. The molecular weight excluding hydrogens is 238 g/mol. The van der Waals surface area contributed by atoms with Crippen LogP contribution in [0.5, 0.6) is 5.75 Å². The molecule has 1 aromatic carbocycles. The van der Waals surface area contributed by atoms with Crippen LogP contribution < -0.4 is 10.1 Å². The first kappa shape index (κ1) is 13.9. The summed E-state index contributed by atoms with van der Waals surface area (Å²) in [6, 6.07) is 7.17. The second-order valence-electron chi connectivity index (χ2n) is 3.45. The SMILES string of the molecule is COc1ccc(NC(=O)[C@@H](C)SCCO)cc1. The van der Waals surface area contributed by atoms with E-state index in [-0.39, 0.29) is 17.8 Å². The van der Waals surface area contributed by atoms with Crippen LogP contribution in [0.1, 0.15) is 6.92 Å². The van der Waals surface area contributed by atoms with E-state index in [9.17, 15) is 4.79 Å². The van der Waals surface area contributed by atoms with Crippen LogP contribution in [-0.4, -0.2) is 35.7 Å². The van der Waals surface area contributed by atoms with Crippen molar-refractivity contribution in [2.75, 3.05) is 24.8 Å². The highest BCUT2D eigenvalue weighted by Crippen LogP contribution is 2.17. The fourth-order valence-electron chi connectivity index (χ4n) is 1.22. The number of aliphatic hydroxyl groups is 1. The van der Waals surface area contributed by atoms with Crippen LogP contribution in [0, 0.1) is 0 Å². The topological polar surface area (TPSA) is 58.6 Å². The van der Waals surface area contributed by atoms with E-state index in [1.165, 1.54) is 11.8 Å². The molecule has 0 aromatic heterocycles. The maximum atomic E-state index is 11.7. The third-order valence-electron chi connectivity index (χ3n) is 2.19. The number of ether oxygens (including phenoxy) is 1. The lowest BCUT2D eigenvalue weighted by atomic mass is 10.3. The van der Waals surface area contributed by atoms with E-state index in [4.69, 9.17) is 9.84 Å². The molecule has 0 heterocycles. The predicted molar refractivity (Wildman–Crippen MR) is 70.6 cm³/mol. The molecule has 0 fully saturated rings. The van der Waals surface area contributed by atoms with Gasteiger partial charge in [0.1, 0.15) is 5.75 Å². The molecule has 0 unspecified atom stereocenters. The van der Waals surface area contributed by atoms with Crippen LogP contribution in [0.15, 0.2) is 24.3 Å². The second-order valence-corrected chi connectivity index (χ2v) is 4.90. The van der Waals surface area contributed by atoms with Crippen LogP contribution in [-0.2, 0) is 4.79 Å². The Bertz CT molecular complexity index is 353. The summed E-state index contributed by atoms with van der Waals surface area (Å²) in [6.45, 7) is 1.91. The molecule has 1 amide bonds. The average Bonchev–Trinajstić information content (AvgIpc) is 2.36. The van der Waals surface area contributed by atoms with E-state index >= 15 is 0 Å². The lowest BCUT2D eigenvalue weighted by molar-refractivity contribution is -0.115. The zero-order valence-electron chi connectivity index (χ0n) is 9.97. The Hall–Kier alpha value is -1.20.